The van der Waals surface area contributed by atoms with Gasteiger partial charge in [-0.05, 0) is 70.6 Å². The zero-order valence-electron chi connectivity index (χ0n) is 28.4. The lowest BCUT2D eigenvalue weighted by Crippen LogP contribution is -2.12. The maximum atomic E-state index is 14.1. The van der Waals surface area contributed by atoms with Gasteiger partial charge >= 0.3 is 0 Å². The van der Waals surface area contributed by atoms with Crippen molar-refractivity contribution < 1.29 is 4.42 Å². The van der Waals surface area contributed by atoms with Crippen LogP contribution in [0.25, 0.3) is 110 Å². The summed E-state index contributed by atoms with van der Waals surface area (Å²) in [6.07, 6.45) is 0. The van der Waals surface area contributed by atoms with Gasteiger partial charge in [0.2, 0.25) is 0 Å². The first-order chi connectivity index (χ1) is 26.2. The molecule has 0 amide bonds. The van der Waals surface area contributed by atoms with Gasteiger partial charge in [-0.1, -0.05) is 121 Å². The monoisotopic (exact) mass is 676 g/mol. The van der Waals surface area contributed by atoms with Crippen LogP contribution in [0.15, 0.2) is 179 Å². The summed E-state index contributed by atoms with van der Waals surface area (Å²) in [6, 6.07) is 59.6. The number of aromatic nitrogens is 2. The molecule has 0 bridgehead atoms. The Hall–Kier alpha value is -7.17. The number of nitrogens with zero attached hydrogens (tertiary/aromatic N) is 2. The lowest BCUT2D eigenvalue weighted by atomic mass is 10.0. The van der Waals surface area contributed by atoms with E-state index in [1.54, 1.807) is 0 Å². The van der Waals surface area contributed by atoms with E-state index in [2.05, 4.69) is 144 Å². The zero-order chi connectivity index (χ0) is 34.8. The third kappa shape index (κ3) is 3.87. The van der Waals surface area contributed by atoms with Gasteiger partial charge in [0.25, 0.3) is 5.56 Å². The van der Waals surface area contributed by atoms with Crippen molar-refractivity contribution in [3.8, 4) is 27.9 Å². The van der Waals surface area contributed by atoms with E-state index in [1.807, 2.05) is 34.7 Å². The summed E-state index contributed by atoms with van der Waals surface area (Å²) < 4.78 is 10.7. The molecular weight excluding hydrogens is 649 g/mol. The SMILES string of the molecule is O=c1c2ccccc2c2cccc3c4ccc(-c5cccc(-n6c7ccccc7c7cc(-c8cccc9c8oc8ccccc89)ccc76)c5)cc4n1c23. The number of rotatable bonds is 3. The molecule has 8 aromatic carbocycles. The Balaban J connectivity index is 1.04. The fourth-order valence-corrected chi connectivity index (χ4v) is 8.92. The van der Waals surface area contributed by atoms with E-state index in [0.717, 1.165) is 98.9 Å². The molecule has 0 N–H and O–H groups in total. The van der Waals surface area contributed by atoms with Crippen molar-refractivity contribution in [3.05, 3.63) is 180 Å². The second-order valence-corrected chi connectivity index (χ2v) is 14.0. The van der Waals surface area contributed by atoms with Gasteiger partial charge in [-0.2, -0.15) is 0 Å². The fraction of sp³-hybridized carbons (Fsp3) is 0. The van der Waals surface area contributed by atoms with Crippen molar-refractivity contribution in [1.29, 1.82) is 0 Å². The first-order valence-corrected chi connectivity index (χ1v) is 18.0. The van der Waals surface area contributed by atoms with E-state index in [4.69, 9.17) is 4.42 Å². The number of benzene rings is 8. The Labute approximate surface area is 302 Å². The summed E-state index contributed by atoms with van der Waals surface area (Å²) in [4.78, 5) is 14.1. The summed E-state index contributed by atoms with van der Waals surface area (Å²) in [5.41, 5.74) is 11.5. The summed E-state index contributed by atoms with van der Waals surface area (Å²) >= 11 is 0. The molecule has 12 aromatic rings. The van der Waals surface area contributed by atoms with E-state index >= 15 is 0 Å². The molecule has 0 saturated carbocycles. The molecule has 4 heterocycles. The molecule has 0 aliphatic heterocycles. The average Bonchev–Trinajstić information content (AvgIpc) is 3.88. The second kappa shape index (κ2) is 10.4. The van der Waals surface area contributed by atoms with Crippen LogP contribution >= 0.6 is 0 Å². The van der Waals surface area contributed by atoms with Crippen LogP contribution in [0.4, 0.5) is 0 Å². The van der Waals surface area contributed by atoms with Gasteiger partial charge in [0, 0.05) is 54.3 Å². The minimum absolute atomic E-state index is 0.0198. The van der Waals surface area contributed by atoms with Crippen molar-refractivity contribution in [2.45, 2.75) is 0 Å². The van der Waals surface area contributed by atoms with Gasteiger partial charge in [0.15, 0.2) is 0 Å². The Morgan fingerprint density at radius 1 is 0.396 bits per heavy atom. The number of para-hydroxylation sites is 4. The van der Waals surface area contributed by atoms with Gasteiger partial charge in [-0.15, -0.1) is 0 Å². The van der Waals surface area contributed by atoms with E-state index in [-0.39, 0.29) is 5.56 Å². The standard InChI is InChI=1S/C49H28N2O2/c52-49-41-15-2-1-12-34(41)38-17-9-18-39-36-24-22-30(28-45(36)51(49)47(38)39)29-10-7-11-32(26-29)50-43-20-5-3-13-35(43)42-27-31(23-25-44(42)50)33-16-8-19-40-37-14-4-6-21-46(37)53-48(33)40/h1-28H. The van der Waals surface area contributed by atoms with E-state index in [0.29, 0.717) is 0 Å². The lowest BCUT2D eigenvalue weighted by molar-refractivity contribution is 0.670. The number of fused-ring (bicyclic) bond motifs is 11. The summed E-state index contributed by atoms with van der Waals surface area (Å²) in [5.74, 6) is 0. The predicted octanol–water partition coefficient (Wildman–Crippen LogP) is 12.5. The van der Waals surface area contributed by atoms with Crippen molar-refractivity contribution in [3.63, 3.8) is 0 Å². The van der Waals surface area contributed by atoms with Crippen molar-refractivity contribution >= 4 is 81.7 Å². The molecule has 53 heavy (non-hydrogen) atoms. The third-order valence-electron chi connectivity index (χ3n) is 11.3. The largest absolute Gasteiger partial charge is 0.455 e. The van der Waals surface area contributed by atoms with Crippen LogP contribution in [0.5, 0.6) is 0 Å². The molecule has 0 spiro atoms. The highest BCUT2D eigenvalue weighted by molar-refractivity contribution is 6.20. The second-order valence-electron chi connectivity index (χ2n) is 14.0. The first-order valence-electron chi connectivity index (χ1n) is 18.0. The van der Waals surface area contributed by atoms with Gasteiger partial charge in [0.1, 0.15) is 11.2 Å². The van der Waals surface area contributed by atoms with Gasteiger partial charge in [-0.3, -0.25) is 9.20 Å². The summed E-state index contributed by atoms with van der Waals surface area (Å²) in [5, 5.41) is 9.66. The smallest absolute Gasteiger partial charge is 0.263 e. The van der Waals surface area contributed by atoms with Crippen LogP contribution in [-0.4, -0.2) is 8.97 Å². The topological polar surface area (TPSA) is 39.5 Å². The van der Waals surface area contributed by atoms with Crippen LogP contribution in [0.2, 0.25) is 0 Å². The number of hydrogen-bond donors (Lipinski definition) is 0. The molecule has 246 valence electrons. The molecule has 0 saturated heterocycles. The minimum Gasteiger partial charge on any atom is -0.455 e. The molecule has 0 atom stereocenters. The quantitative estimate of drug-likeness (QED) is 0.175. The molecule has 4 heteroatoms. The number of pyridine rings is 1. The number of hydrogen-bond acceptors (Lipinski definition) is 2. The zero-order valence-corrected chi connectivity index (χ0v) is 28.4. The highest BCUT2D eigenvalue weighted by Gasteiger charge is 2.19. The van der Waals surface area contributed by atoms with E-state index in [1.165, 1.54) is 10.8 Å². The first kappa shape index (κ1) is 28.5. The molecule has 4 aromatic heterocycles. The molecular formula is C49H28N2O2. The van der Waals surface area contributed by atoms with Crippen LogP contribution in [0.3, 0.4) is 0 Å². The third-order valence-corrected chi connectivity index (χ3v) is 11.3. The predicted molar refractivity (Wildman–Crippen MR) is 220 cm³/mol. The normalized spacial score (nSPS) is 12.2. The number of furan rings is 1. The summed E-state index contributed by atoms with van der Waals surface area (Å²) in [7, 11) is 0. The highest BCUT2D eigenvalue weighted by Crippen LogP contribution is 2.40. The van der Waals surface area contributed by atoms with Crippen LogP contribution in [0, 0.1) is 0 Å². The Morgan fingerprint density at radius 2 is 1.04 bits per heavy atom. The Bertz CT molecular complexity index is 3550. The highest BCUT2D eigenvalue weighted by atomic mass is 16.3. The Kier molecular flexibility index (Phi) is 5.62. The van der Waals surface area contributed by atoms with Crippen molar-refractivity contribution in [2.24, 2.45) is 0 Å². The van der Waals surface area contributed by atoms with E-state index in [9.17, 15) is 4.79 Å². The molecule has 0 radical (unpaired) electrons. The molecule has 4 nitrogen and oxygen atoms in total. The summed E-state index contributed by atoms with van der Waals surface area (Å²) in [6.45, 7) is 0. The van der Waals surface area contributed by atoms with Crippen LogP contribution < -0.4 is 5.56 Å². The van der Waals surface area contributed by atoms with Crippen molar-refractivity contribution in [2.75, 3.05) is 0 Å². The minimum atomic E-state index is 0.0198. The van der Waals surface area contributed by atoms with Gasteiger partial charge < -0.3 is 8.98 Å². The average molecular weight is 677 g/mol. The molecule has 12 rings (SSSR count). The Morgan fingerprint density at radius 3 is 1.94 bits per heavy atom. The molecule has 0 aliphatic carbocycles. The maximum Gasteiger partial charge on any atom is 0.263 e. The molecule has 0 aliphatic rings. The lowest BCUT2D eigenvalue weighted by Gasteiger charge is -2.11. The van der Waals surface area contributed by atoms with Crippen molar-refractivity contribution in [1.82, 2.24) is 8.97 Å². The van der Waals surface area contributed by atoms with Gasteiger partial charge in [-0.25, -0.2) is 0 Å². The van der Waals surface area contributed by atoms with Crippen LogP contribution in [0.1, 0.15) is 0 Å². The van der Waals surface area contributed by atoms with Crippen LogP contribution in [-0.2, 0) is 0 Å². The van der Waals surface area contributed by atoms with Gasteiger partial charge in [0.05, 0.1) is 22.1 Å². The fourth-order valence-electron chi connectivity index (χ4n) is 8.92. The molecule has 0 unspecified atom stereocenters. The molecule has 0 fully saturated rings. The van der Waals surface area contributed by atoms with E-state index < -0.39 is 0 Å². The maximum absolute atomic E-state index is 14.1.